The summed E-state index contributed by atoms with van der Waals surface area (Å²) in [6.45, 7) is 3.74. The van der Waals surface area contributed by atoms with Gasteiger partial charge in [0.05, 0.1) is 12.1 Å². The van der Waals surface area contributed by atoms with Crippen molar-refractivity contribution in [3.05, 3.63) is 47.3 Å². The molecule has 1 saturated heterocycles. The van der Waals surface area contributed by atoms with Crippen LogP contribution in [-0.4, -0.2) is 68.8 Å². The normalized spacial score (nSPS) is 20.4. The van der Waals surface area contributed by atoms with Crippen molar-refractivity contribution in [3.8, 4) is 0 Å². The van der Waals surface area contributed by atoms with Crippen LogP contribution in [-0.2, 0) is 20.4 Å². The molecule has 4 N–H and O–H groups in total. The molecule has 1 aromatic heterocycles. The average molecular weight is 521 g/mol. The minimum atomic E-state index is -4.84. The monoisotopic (exact) mass is 520 g/mol. The van der Waals surface area contributed by atoms with Crippen molar-refractivity contribution in [1.82, 2.24) is 14.9 Å². The topological polar surface area (TPSA) is 111 Å². The molecule has 188 valence electrons. The van der Waals surface area contributed by atoms with Crippen molar-refractivity contribution in [1.29, 1.82) is 0 Å². The third-order valence-corrected chi connectivity index (χ3v) is 8.55. The zero-order valence-electron chi connectivity index (χ0n) is 18.6. The number of nitrogens with one attached hydrogen (secondary N) is 3. The van der Waals surface area contributed by atoms with E-state index in [9.17, 15) is 31.5 Å². The highest BCUT2D eigenvalue weighted by molar-refractivity contribution is 7.91. The van der Waals surface area contributed by atoms with Crippen LogP contribution in [0.2, 0.25) is 0 Å². The molecule has 1 unspecified atom stereocenters. The summed E-state index contributed by atoms with van der Waals surface area (Å²) in [6, 6.07) is 7.30. The summed E-state index contributed by atoms with van der Waals surface area (Å²) < 4.78 is 67.2. The third-order valence-electron chi connectivity index (χ3n) is 5.73. The first-order chi connectivity index (χ1) is 15.8. The molecule has 2 aromatic rings. The number of sulfonamides is 1. The molecule has 3 rings (SSSR count). The number of benzene rings is 1. The standard InChI is InChI=1S/C21H27F3N4O4S2/c1-14-19(29)25-9-10-28(14)13-17(12-26-34(31,32)18-4-3-11-33-18)27-16-7-5-15(6-8-16)20(2,30)21(22,23)24/h3-8,11,14,17,26-27,30H,9-10,12-13H2,1-2H3,(H,25,29)/t14-,17+,20?/m0/s1. The van der Waals surface area contributed by atoms with Gasteiger partial charge in [0, 0.05) is 31.9 Å². The molecule has 0 radical (unpaired) electrons. The lowest BCUT2D eigenvalue weighted by atomic mass is 9.95. The van der Waals surface area contributed by atoms with Gasteiger partial charge in [-0.2, -0.15) is 13.2 Å². The van der Waals surface area contributed by atoms with Crippen LogP contribution in [0.15, 0.2) is 46.0 Å². The predicted molar refractivity (Wildman–Crippen MR) is 123 cm³/mol. The van der Waals surface area contributed by atoms with Crippen LogP contribution in [0, 0.1) is 0 Å². The van der Waals surface area contributed by atoms with E-state index in [1.54, 1.807) is 18.4 Å². The van der Waals surface area contributed by atoms with Crippen molar-refractivity contribution in [3.63, 3.8) is 0 Å². The van der Waals surface area contributed by atoms with Gasteiger partial charge in [-0.25, -0.2) is 13.1 Å². The zero-order chi connectivity index (χ0) is 25.1. The third kappa shape index (κ3) is 6.08. The Balaban J connectivity index is 1.77. The Bertz CT molecular complexity index is 1070. The maximum Gasteiger partial charge on any atom is 0.421 e. The van der Waals surface area contributed by atoms with Gasteiger partial charge in [0.1, 0.15) is 4.21 Å². The van der Waals surface area contributed by atoms with Crippen molar-refractivity contribution >= 4 is 33.0 Å². The number of carbonyl (C=O) groups is 1. The second-order valence-electron chi connectivity index (χ2n) is 8.23. The molecule has 2 heterocycles. The molecular weight excluding hydrogens is 493 g/mol. The summed E-state index contributed by atoms with van der Waals surface area (Å²) in [6.07, 6.45) is -4.84. The molecule has 1 aliphatic rings. The fraction of sp³-hybridized carbons (Fsp3) is 0.476. The number of anilines is 1. The molecule has 13 heteroatoms. The SMILES string of the molecule is C[C@H]1C(=O)NCCN1C[C@@H](CNS(=O)(=O)c1cccs1)Nc1ccc(C(C)(O)C(F)(F)F)cc1. The Morgan fingerprint density at radius 3 is 2.53 bits per heavy atom. The largest absolute Gasteiger partial charge is 0.421 e. The van der Waals surface area contributed by atoms with E-state index in [4.69, 9.17) is 0 Å². The van der Waals surface area contributed by atoms with E-state index in [1.165, 1.54) is 30.3 Å². The molecule has 1 amide bonds. The van der Waals surface area contributed by atoms with Gasteiger partial charge in [0.15, 0.2) is 5.60 Å². The van der Waals surface area contributed by atoms with Gasteiger partial charge in [-0.3, -0.25) is 9.69 Å². The quantitative estimate of drug-likeness (QED) is 0.403. The lowest BCUT2D eigenvalue weighted by Crippen LogP contribution is -2.57. The first kappa shape index (κ1) is 26.4. The highest BCUT2D eigenvalue weighted by Crippen LogP contribution is 2.38. The Hall–Kier alpha value is -2.19. The Morgan fingerprint density at radius 2 is 1.94 bits per heavy atom. The first-order valence-electron chi connectivity index (χ1n) is 10.5. The summed E-state index contributed by atoms with van der Waals surface area (Å²) >= 11 is 1.08. The van der Waals surface area contributed by atoms with E-state index < -0.39 is 33.9 Å². The van der Waals surface area contributed by atoms with Crippen LogP contribution in [0.1, 0.15) is 19.4 Å². The van der Waals surface area contributed by atoms with E-state index >= 15 is 0 Å². The number of halogens is 3. The van der Waals surface area contributed by atoms with Gasteiger partial charge in [0.25, 0.3) is 0 Å². The number of piperazine rings is 1. The predicted octanol–water partition coefficient (Wildman–Crippen LogP) is 2.10. The maximum absolute atomic E-state index is 13.1. The minimum absolute atomic E-state index is 0.0207. The second kappa shape index (κ2) is 10.2. The smallest absolute Gasteiger partial charge is 0.380 e. The highest BCUT2D eigenvalue weighted by atomic mass is 32.2. The van der Waals surface area contributed by atoms with Crippen LogP contribution in [0.5, 0.6) is 0 Å². The number of thiophene rings is 1. The van der Waals surface area contributed by atoms with Gasteiger partial charge < -0.3 is 15.7 Å². The van der Waals surface area contributed by atoms with E-state index in [2.05, 4.69) is 15.4 Å². The van der Waals surface area contributed by atoms with Gasteiger partial charge >= 0.3 is 6.18 Å². The molecule has 3 atom stereocenters. The zero-order valence-corrected chi connectivity index (χ0v) is 20.2. The highest BCUT2D eigenvalue weighted by Gasteiger charge is 2.51. The number of amides is 1. The lowest BCUT2D eigenvalue weighted by molar-refractivity contribution is -0.258. The Kier molecular flexibility index (Phi) is 7.92. The molecule has 34 heavy (non-hydrogen) atoms. The van der Waals surface area contributed by atoms with Crippen LogP contribution < -0.4 is 15.4 Å². The second-order valence-corrected chi connectivity index (χ2v) is 11.2. The van der Waals surface area contributed by atoms with Gasteiger partial charge in [-0.05, 0) is 43.0 Å². The van der Waals surface area contributed by atoms with Gasteiger partial charge in [-0.15, -0.1) is 11.3 Å². The molecule has 1 aliphatic heterocycles. The number of alkyl halides is 3. The molecular formula is C21H27F3N4O4S2. The number of carbonyl (C=O) groups excluding carboxylic acids is 1. The van der Waals surface area contributed by atoms with Gasteiger partial charge in [0.2, 0.25) is 15.9 Å². The first-order valence-corrected chi connectivity index (χ1v) is 12.9. The van der Waals surface area contributed by atoms with Crippen molar-refractivity contribution < 1.29 is 31.5 Å². The summed E-state index contributed by atoms with van der Waals surface area (Å²) in [4.78, 5) is 13.9. The molecule has 0 spiro atoms. The number of hydrogen-bond donors (Lipinski definition) is 4. The van der Waals surface area contributed by atoms with Crippen LogP contribution in [0.4, 0.5) is 18.9 Å². The fourth-order valence-corrected chi connectivity index (χ4v) is 5.63. The minimum Gasteiger partial charge on any atom is -0.380 e. The van der Waals surface area contributed by atoms with E-state index in [0.717, 1.165) is 11.3 Å². The molecule has 1 fully saturated rings. The summed E-state index contributed by atoms with van der Waals surface area (Å²) in [7, 11) is -3.74. The molecule has 1 aromatic carbocycles. The number of nitrogens with zero attached hydrogens (tertiary/aromatic N) is 1. The van der Waals surface area contributed by atoms with E-state index in [-0.39, 0.29) is 22.2 Å². The fourth-order valence-electron chi connectivity index (χ4n) is 3.51. The molecule has 0 saturated carbocycles. The van der Waals surface area contributed by atoms with Gasteiger partial charge in [-0.1, -0.05) is 18.2 Å². The number of rotatable bonds is 9. The van der Waals surface area contributed by atoms with E-state index in [0.29, 0.717) is 32.2 Å². The van der Waals surface area contributed by atoms with Crippen LogP contribution in [0.25, 0.3) is 0 Å². The summed E-state index contributed by atoms with van der Waals surface area (Å²) in [5.74, 6) is -0.136. The summed E-state index contributed by atoms with van der Waals surface area (Å²) in [5.41, 5.74) is -2.88. The maximum atomic E-state index is 13.1. The van der Waals surface area contributed by atoms with E-state index in [1.807, 2.05) is 4.90 Å². The molecule has 0 bridgehead atoms. The van der Waals surface area contributed by atoms with Crippen LogP contribution >= 0.6 is 11.3 Å². The van der Waals surface area contributed by atoms with Crippen LogP contribution in [0.3, 0.4) is 0 Å². The Morgan fingerprint density at radius 1 is 1.26 bits per heavy atom. The summed E-state index contributed by atoms with van der Waals surface area (Å²) in [5, 5.41) is 17.4. The molecule has 8 nitrogen and oxygen atoms in total. The van der Waals surface area contributed by atoms with Crippen molar-refractivity contribution in [2.45, 2.75) is 41.9 Å². The number of hydrogen-bond acceptors (Lipinski definition) is 7. The molecule has 0 aliphatic carbocycles. The lowest BCUT2D eigenvalue weighted by Gasteiger charge is -2.35. The van der Waals surface area contributed by atoms with Crippen molar-refractivity contribution in [2.75, 3.05) is 31.5 Å². The average Bonchev–Trinajstić information content (AvgIpc) is 3.31. The number of aliphatic hydroxyl groups is 1. The van der Waals surface area contributed by atoms with Crippen molar-refractivity contribution in [2.24, 2.45) is 0 Å². The Labute approximate surface area is 200 Å².